The summed E-state index contributed by atoms with van der Waals surface area (Å²) in [5.41, 5.74) is -0.108. The van der Waals surface area contributed by atoms with Crippen LogP contribution in [0.5, 0.6) is 5.75 Å². The van der Waals surface area contributed by atoms with Crippen LogP contribution in [0.1, 0.15) is 11.4 Å². The van der Waals surface area contributed by atoms with E-state index in [4.69, 9.17) is 10.00 Å². The Bertz CT molecular complexity index is 551. The van der Waals surface area contributed by atoms with Crippen molar-refractivity contribution in [2.75, 3.05) is 0 Å². The predicted molar refractivity (Wildman–Crippen MR) is 57.5 cm³/mol. The Hall–Kier alpha value is -2.48. The number of ether oxygens (including phenoxy) is 1. The summed E-state index contributed by atoms with van der Waals surface area (Å²) in [6, 6.07) is 7.67. The second-order valence-electron chi connectivity index (χ2n) is 3.18. The van der Waals surface area contributed by atoms with Gasteiger partial charge in [0.05, 0.1) is 0 Å². The monoisotopic (exact) mass is 229 g/mol. The van der Waals surface area contributed by atoms with Crippen molar-refractivity contribution < 1.29 is 9.13 Å². The third-order valence-electron chi connectivity index (χ3n) is 2.06. The lowest BCUT2D eigenvalue weighted by Crippen LogP contribution is -2.02. The van der Waals surface area contributed by atoms with Crippen LogP contribution in [-0.4, -0.2) is 9.97 Å². The van der Waals surface area contributed by atoms with Crippen molar-refractivity contribution in [3.8, 4) is 11.8 Å². The summed E-state index contributed by atoms with van der Waals surface area (Å²) in [5, 5.41) is 8.80. The minimum atomic E-state index is -0.598. The van der Waals surface area contributed by atoms with Crippen LogP contribution < -0.4 is 4.74 Å². The molecule has 0 saturated heterocycles. The molecule has 0 unspecified atom stereocenters. The van der Waals surface area contributed by atoms with E-state index in [0.29, 0.717) is 5.82 Å². The number of benzene rings is 1. The first-order valence-electron chi connectivity index (χ1n) is 4.88. The molecular formula is C12H8FN3O. The zero-order chi connectivity index (χ0) is 12.1. The zero-order valence-corrected chi connectivity index (χ0v) is 8.80. The first kappa shape index (κ1) is 11.0. The van der Waals surface area contributed by atoms with Gasteiger partial charge in [0.2, 0.25) is 0 Å². The first-order chi connectivity index (χ1) is 8.31. The van der Waals surface area contributed by atoms with Gasteiger partial charge >= 0.3 is 0 Å². The van der Waals surface area contributed by atoms with Crippen molar-refractivity contribution in [3.63, 3.8) is 0 Å². The fourth-order valence-electron chi connectivity index (χ4n) is 1.28. The molecule has 2 aromatic rings. The van der Waals surface area contributed by atoms with E-state index in [0.717, 1.165) is 0 Å². The predicted octanol–water partition coefficient (Wildman–Crippen LogP) is 2.07. The highest BCUT2D eigenvalue weighted by Gasteiger charge is 2.09. The Morgan fingerprint density at radius 1 is 1.24 bits per heavy atom. The number of nitrogens with zero attached hydrogens (tertiary/aromatic N) is 3. The molecule has 2 rings (SSSR count). The SMILES string of the molecule is N#Cc1c(F)cccc1OCc1ncccn1. The van der Waals surface area contributed by atoms with Crippen LogP contribution in [0.3, 0.4) is 0 Å². The molecule has 0 saturated carbocycles. The molecule has 0 aliphatic heterocycles. The maximum absolute atomic E-state index is 13.2. The molecule has 0 amide bonds. The molecular weight excluding hydrogens is 221 g/mol. The second kappa shape index (κ2) is 5.03. The quantitative estimate of drug-likeness (QED) is 0.808. The van der Waals surface area contributed by atoms with Crippen LogP contribution in [0.25, 0.3) is 0 Å². The van der Waals surface area contributed by atoms with Gasteiger partial charge in [-0.15, -0.1) is 0 Å². The van der Waals surface area contributed by atoms with Gasteiger partial charge in [0.25, 0.3) is 0 Å². The van der Waals surface area contributed by atoms with Gasteiger partial charge < -0.3 is 4.74 Å². The smallest absolute Gasteiger partial charge is 0.166 e. The van der Waals surface area contributed by atoms with Crippen LogP contribution in [0.2, 0.25) is 0 Å². The van der Waals surface area contributed by atoms with Crippen molar-refractivity contribution in [2.24, 2.45) is 0 Å². The lowest BCUT2D eigenvalue weighted by atomic mass is 10.2. The maximum atomic E-state index is 13.2. The minimum absolute atomic E-state index is 0.0962. The van der Waals surface area contributed by atoms with Crippen molar-refractivity contribution in [1.82, 2.24) is 9.97 Å². The number of hydrogen-bond acceptors (Lipinski definition) is 4. The molecule has 0 aliphatic rings. The van der Waals surface area contributed by atoms with E-state index in [1.54, 1.807) is 24.5 Å². The molecule has 0 bridgehead atoms. The summed E-state index contributed by atoms with van der Waals surface area (Å²) in [4.78, 5) is 7.92. The van der Waals surface area contributed by atoms with E-state index >= 15 is 0 Å². The first-order valence-corrected chi connectivity index (χ1v) is 4.88. The number of hydrogen-bond donors (Lipinski definition) is 0. The van der Waals surface area contributed by atoms with E-state index in [2.05, 4.69) is 9.97 Å². The van der Waals surface area contributed by atoms with E-state index in [1.165, 1.54) is 18.2 Å². The van der Waals surface area contributed by atoms with Gasteiger partial charge in [-0.2, -0.15) is 5.26 Å². The number of rotatable bonds is 3. The summed E-state index contributed by atoms with van der Waals surface area (Å²) in [6.45, 7) is 0.0962. The molecule has 0 aliphatic carbocycles. The van der Waals surface area contributed by atoms with Crippen LogP contribution in [-0.2, 0) is 6.61 Å². The summed E-state index contributed by atoms with van der Waals surface area (Å²) < 4.78 is 18.5. The molecule has 17 heavy (non-hydrogen) atoms. The molecule has 0 spiro atoms. The third kappa shape index (κ3) is 2.55. The van der Waals surface area contributed by atoms with Gasteiger partial charge in [-0.05, 0) is 18.2 Å². The van der Waals surface area contributed by atoms with E-state index in [9.17, 15) is 4.39 Å². The molecule has 4 nitrogen and oxygen atoms in total. The third-order valence-corrected chi connectivity index (χ3v) is 2.06. The maximum Gasteiger partial charge on any atom is 0.166 e. The fraction of sp³-hybridized carbons (Fsp3) is 0.0833. The molecule has 0 atom stereocenters. The Morgan fingerprint density at radius 2 is 2.00 bits per heavy atom. The van der Waals surface area contributed by atoms with Gasteiger partial charge in [-0.25, -0.2) is 14.4 Å². The van der Waals surface area contributed by atoms with E-state index < -0.39 is 5.82 Å². The molecule has 1 aromatic heterocycles. The van der Waals surface area contributed by atoms with Crippen molar-refractivity contribution >= 4 is 0 Å². The highest BCUT2D eigenvalue weighted by atomic mass is 19.1. The number of nitriles is 1. The van der Waals surface area contributed by atoms with Crippen molar-refractivity contribution in [1.29, 1.82) is 5.26 Å². The Balaban J connectivity index is 2.15. The molecule has 1 heterocycles. The zero-order valence-electron chi connectivity index (χ0n) is 8.80. The largest absolute Gasteiger partial charge is 0.484 e. The van der Waals surface area contributed by atoms with Crippen LogP contribution in [0, 0.1) is 17.1 Å². The van der Waals surface area contributed by atoms with Gasteiger partial charge in [0.15, 0.2) is 5.82 Å². The fourth-order valence-corrected chi connectivity index (χ4v) is 1.28. The topological polar surface area (TPSA) is 58.8 Å². The molecule has 5 heteroatoms. The Labute approximate surface area is 97.3 Å². The average molecular weight is 229 g/mol. The normalized spacial score (nSPS) is 9.65. The van der Waals surface area contributed by atoms with Crippen LogP contribution in [0.4, 0.5) is 4.39 Å². The molecule has 1 aromatic carbocycles. The van der Waals surface area contributed by atoms with Gasteiger partial charge in [0, 0.05) is 12.4 Å². The average Bonchev–Trinajstić information content (AvgIpc) is 2.37. The summed E-state index contributed by atoms with van der Waals surface area (Å²) in [5.74, 6) is 0.0691. The molecule has 0 radical (unpaired) electrons. The van der Waals surface area contributed by atoms with Gasteiger partial charge in [0.1, 0.15) is 29.8 Å². The lowest BCUT2D eigenvalue weighted by molar-refractivity contribution is 0.293. The highest BCUT2D eigenvalue weighted by molar-refractivity contribution is 5.43. The summed E-state index contributed by atoms with van der Waals surface area (Å²) in [7, 11) is 0. The van der Waals surface area contributed by atoms with Gasteiger partial charge in [-0.1, -0.05) is 6.07 Å². The number of halogens is 1. The van der Waals surface area contributed by atoms with Crippen LogP contribution >= 0.6 is 0 Å². The minimum Gasteiger partial charge on any atom is -0.484 e. The van der Waals surface area contributed by atoms with Crippen molar-refractivity contribution in [2.45, 2.75) is 6.61 Å². The van der Waals surface area contributed by atoms with Crippen LogP contribution in [0.15, 0.2) is 36.7 Å². The summed E-state index contributed by atoms with van der Waals surface area (Å²) in [6.07, 6.45) is 3.17. The van der Waals surface area contributed by atoms with E-state index in [-0.39, 0.29) is 17.9 Å². The summed E-state index contributed by atoms with van der Waals surface area (Å²) >= 11 is 0. The highest BCUT2D eigenvalue weighted by Crippen LogP contribution is 2.20. The standard InChI is InChI=1S/C12H8FN3O/c13-10-3-1-4-11(9(10)7-14)17-8-12-15-5-2-6-16-12/h1-6H,8H2. The molecule has 0 fully saturated rings. The Morgan fingerprint density at radius 3 is 2.71 bits per heavy atom. The molecule has 0 N–H and O–H groups in total. The van der Waals surface area contributed by atoms with E-state index in [1.807, 2.05) is 0 Å². The molecule has 84 valence electrons. The van der Waals surface area contributed by atoms with Gasteiger partial charge in [-0.3, -0.25) is 0 Å². The lowest BCUT2D eigenvalue weighted by Gasteiger charge is -2.06. The Kier molecular flexibility index (Phi) is 3.26. The number of aromatic nitrogens is 2. The second-order valence-corrected chi connectivity index (χ2v) is 3.18. The van der Waals surface area contributed by atoms with Crippen molar-refractivity contribution in [3.05, 3.63) is 53.9 Å².